The number of aryl methyl sites for hydroxylation is 1. The van der Waals surface area contributed by atoms with E-state index >= 15 is 0 Å². The number of sulfonamides is 1. The van der Waals surface area contributed by atoms with E-state index in [4.69, 9.17) is 11.6 Å². The molecule has 0 spiro atoms. The van der Waals surface area contributed by atoms with Crippen LogP contribution >= 0.6 is 27.5 Å². The van der Waals surface area contributed by atoms with E-state index in [-0.39, 0.29) is 20.6 Å². The van der Waals surface area contributed by atoms with Crippen LogP contribution in [0.4, 0.5) is 5.82 Å². The maximum absolute atomic E-state index is 12.0. The fourth-order valence-corrected chi connectivity index (χ4v) is 3.35. The van der Waals surface area contributed by atoms with Crippen LogP contribution in [0.5, 0.6) is 0 Å². The van der Waals surface area contributed by atoms with Gasteiger partial charge in [-0.15, -0.1) is 5.10 Å². The van der Waals surface area contributed by atoms with Gasteiger partial charge in [0, 0.05) is 7.05 Å². The van der Waals surface area contributed by atoms with Gasteiger partial charge in [0.2, 0.25) is 5.03 Å². The molecule has 0 unspecified atom stereocenters. The lowest BCUT2D eigenvalue weighted by Crippen LogP contribution is -2.18. The van der Waals surface area contributed by atoms with Crippen molar-refractivity contribution in [1.82, 2.24) is 25.0 Å². The summed E-state index contributed by atoms with van der Waals surface area (Å²) in [5, 5.41) is 7.23. The molecule has 0 atom stereocenters. The summed E-state index contributed by atoms with van der Waals surface area (Å²) in [5.41, 5.74) is 0. The summed E-state index contributed by atoms with van der Waals surface area (Å²) >= 11 is 8.56. The molecule has 11 heteroatoms. The molecule has 2 aromatic rings. The lowest BCUT2D eigenvalue weighted by atomic mass is 10.7. The Kier molecular flexibility index (Phi) is 3.50. The largest absolute Gasteiger partial charge is 0.283 e. The first-order valence-corrected chi connectivity index (χ1v) is 7.11. The molecule has 0 saturated heterocycles. The molecule has 1 N–H and O–H groups in total. The third kappa shape index (κ3) is 2.60. The maximum atomic E-state index is 12.0. The molecule has 0 aliphatic rings. The molecule has 0 fully saturated rings. The Labute approximate surface area is 116 Å². The van der Waals surface area contributed by atoms with Gasteiger partial charge in [-0.2, -0.15) is 8.42 Å². The standard InChI is InChI=1S/C7H6BrClN6O2S/c1-15-7(6(8)12-14-15)18(16,17)13-5-3-10-4(9)2-11-5/h2-3H,1H3,(H,11,13). The van der Waals surface area contributed by atoms with Crippen molar-refractivity contribution in [2.24, 2.45) is 7.05 Å². The van der Waals surface area contributed by atoms with Gasteiger partial charge < -0.3 is 0 Å². The normalized spacial score (nSPS) is 11.5. The summed E-state index contributed by atoms with van der Waals surface area (Å²) in [6, 6.07) is 0. The highest BCUT2D eigenvalue weighted by Crippen LogP contribution is 2.20. The number of hydrogen-bond acceptors (Lipinski definition) is 6. The van der Waals surface area contributed by atoms with E-state index in [1.807, 2.05) is 0 Å². The molecule has 8 nitrogen and oxygen atoms in total. The predicted octanol–water partition coefficient (Wildman–Crippen LogP) is 0.822. The van der Waals surface area contributed by atoms with E-state index in [0.29, 0.717) is 0 Å². The highest BCUT2D eigenvalue weighted by molar-refractivity contribution is 9.10. The molecule has 0 amide bonds. The quantitative estimate of drug-likeness (QED) is 0.876. The first kappa shape index (κ1) is 13.2. The van der Waals surface area contributed by atoms with Gasteiger partial charge in [-0.25, -0.2) is 14.6 Å². The van der Waals surface area contributed by atoms with Crippen molar-refractivity contribution >= 4 is 43.4 Å². The molecule has 0 bridgehead atoms. The Hall–Kier alpha value is -1.26. The van der Waals surface area contributed by atoms with Gasteiger partial charge in [0.25, 0.3) is 10.0 Å². The Morgan fingerprint density at radius 1 is 1.39 bits per heavy atom. The number of halogens is 2. The van der Waals surface area contributed by atoms with Gasteiger partial charge in [-0.1, -0.05) is 16.8 Å². The van der Waals surface area contributed by atoms with E-state index in [2.05, 4.69) is 40.9 Å². The molecule has 18 heavy (non-hydrogen) atoms. The summed E-state index contributed by atoms with van der Waals surface area (Å²) in [6.45, 7) is 0. The number of hydrogen-bond donors (Lipinski definition) is 1. The van der Waals surface area contributed by atoms with Crippen LogP contribution in [0.1, 0.15) is 0 Å². The number of anilines is 1. The monoisotopic (exact) mass is 352 g/mol. The average Bonchev–Trinajstić information content (AvgIpc) is 2.62. The zero-order valence-electron chi connectivity index (χ0n) is 8.87. The molecular weight excluding hydrogens is 348 g/mol. The van der Waals surface area contributed by atoms with Crippen molar-refractivity contribution in [1.29, 1.82) is 0 Å². The topological polar surface area (TPSA) is 103 Å². The minimum absolute atomic E-state index is 0.0486. The summed E-state index contributed by atoms with van der Waals surface area (Å²) < 4.78 is 27.6. The van der Waals surface area contributed by atoms with Crippen LogP contribution in [0, 0.1) is 0 Å². The molecule has 2 rings (SSSR count). The van der Waals surface area contributed by atoms with Crippen LogP contribution in [0.25, 0.3) is 0 Å². The Bertz CT molecular complexity index is 650. The highest BCUT2D eigenvalue weighted by Gasteiger charge is 2.24. The van der Waals surface area contributed by atoms with Crippen LogP contribution in [-0.4, -0.2) is 33.4 Å². The van der Waals surface area contributed by atoms with Gasteiger partial charge in [0.05, 0.1) is 12.4 Å². The van der Waals surface area contributed by atoms with Crippen LogP contribution in [-0.2, 0) is 17.1 Å². The fraction of sp³-hybridized carbons (Fsp3) is 0.143. The molecule has 0 aliphatic heterocycles. The Balaban J connectivity index is 2.36. The zero-order valence-corrected chi connectivity index (χ0v) is 12.0. The molecule has 2 heterocycles. The molecule has 0 aromatic carbocycles. The Morgan fingerprint density at radius 3 is 2.61 bits per heavy atom. The van der Waals surface area contributed by atoms with Gasteiger partial charge in [-0.05, 0) is 15.9 Å². The maximum Gasteiger partial charge on any atom is 0.283 e. The van der Waals surface area contributed by atoms with Crippen molar-refractivity contribution in [2.75, 3.05) is 4.72 Å². The summed E-state index contributed by atoms with van der Waals surface area (Å²) in [7, 11) is -2.39. The number of nitrogens with zero attached hydrogens (tertiary/aromatic N) is 5. The van der Waals surface area contributed by atoms with Crippen molar-refractivity contribution < 1.29 is 8.42 Å². The van der Waals surface area contributed by atoms with Gasteiger partial charge >= 0.3 is 0 Å². The first-order chi connectivity index (χ1) is 8.40. The van der Waals surface area contributed by atoms with Crippen LogP contribution < -0.4 is 4.72 Å². The van der Waals surface area contributed by atoms with Crippen molar-refractivity contribution in [3.05, 3.63) is 22.1 Å². The molecule has 0 aliphatic carbocycles. The minimum atomic E-state index is -3.85. The predicted molar refractivity (Wildman–Crippen MR) is 66.6 cm³/mol. The van der Waals surface area contributed by atoms with Crippen molar-refractivity contribution in [3.8, 4) is 0 Å². The number of rotatable bonds is 3. The fourth-order valence-electron chi connectivity index (χ4n) is 1.16. The summed E-state index contributed by atoms with van der Waals surface area (Å²) in [5.74, 6) is 0.0486. The Morgan fingerprint density at radius 2 is 2.11 bits per heavy atom. The van der Waals surface area contributed by atoms with E-state index in [0.717, 1.165) is 4.68 Å². The van der Waals surface area contributed by atoms with Gasteiger partial charge in [0.1, 0.15) is 5.15 Å². The summed E-state index contributed by atoms with van der Waals surface area (Å²) in [6.07, 6.45) is 2.44. The third-order valence-corrected chi connectivity index (χ3v) is 4.29. The SMILES string of the molecule is Cn1nnc(Br)c1S(=O)(=O)Nc1cnc(Cl)cn1. The number of aromatic nitrogens is 5. The first-order valence-electron chi connectivity index (χ1n) is 4.45. The molecule has 0 saturated carbocycles. The van der Waals surface area contributed by atoms with E-state index in [1.165, 1.54) is 19.4 Å². The molecule has 0 radical (unpaired) electrons. The smallest absolute Gasteiger partial charge is 0.261 e. The third-order valence-electron chi connectivity index (χ3n) is 1.85. The highest BCUT2D eigenvalue weighted by atomic mass is 79.9. The molecular formula is C7H6BrClN6O2S. The van der Waals surface area contributed by atoms with E-state index in [9.17, 15) is 8.42 Å². The molecule has 2 aromatic heterocycles. The second kappa shape index (κ2) is 4.78. The zero-order chi connectivity index (χ0) is 13.3. The van der Waals surface area contributed by atoms with Crippen LogP contribution in [0.15, 0.2) is 22.0 Å². The molecule has 96 valence electrons. The van der Waals surface area contributed by atoms with E-state index in [1.54, 1.807) is 0 Å². The second-order valence-electron chi connectivity index (χ2n) is 3.14. The van der Waals surface area contributed by atoms with Crippen LogP contribution in [0.2, 0.25) is 5.15 Å². The van der Waals surface area contributed by atoms with Gasteiger partial charge in [0.15, 0.2) is 10.4 Å². The lowest BCUT2D eigenvalue weighted by Gasteiger charge is -2.06. The van der Waals surface area contributed by atoms with Crippen molar-refractivity contribution in [3.63, 3.8) is 0 Å². The number of nitrogens with one attached hydrogen (secondary N) is 1. The van der Waals surface area contributed by atoms with Gasteiger partial charge in [-0.3, -0.25) is 4.72 Å². The van der Waals surface area contributed by atoms with Crippen molar-refractivity contribution in [2.45, 2.75) is 5.03 Å². The minimum Gasteiger partial charge on any atom is -0.261 e. The lowest BCUT2D eigenvalue weighted by molar-refractivity contribution is 0.578. The van der Waals surface area contributed by atoms with Crippen LogP contribution in [0.3, 0.4) is 0 Å². The van der Waals surface area contributed by atoms with E-state index < -0.39 is 10.0 Å². The average molecular weight is 354 g/mol. The second-order valence-corrected chi connectivity index (χ2v) is 5.87. The summed E-state index contributed by atoms with van der Waals surface area (Å²) in [4.78, 5) is 7.50.